The van der Waals surface area contributed by atoms with Crippen LogP contribution in [0, 0.1) is 0 Å². The predicted molar refractivity (Wildman–Crippen MR) is 99.0 cm³/mol. The van der Waals surface area contributed by atoms with Crippen molar-refractivity contribution < 1.29 is 9.21 Å². The van der Waals surface area contributed by atoms with Crippen LogP contribution in [0.15, 0.2) is 47.5 Å². The Hall–Kier alpha value is -3.04. The first-order valence-corrected chi connectivity index (χ1v) is 8.88. The van der Waals surface area contributed by atoms with Gasteiger partial charge in [0.05, 0.1) is 29.2 Å². The lowest BCUT2D eigenvalue weighted by atomic mass is 10.2. The smallest absolute Gasteiger partial charge is 0.257 e. The van der Waals surface area contributed by atoms with Gasteiger partial charge in [-0.25, -0.2) is 4.98 Å². The summed E-state index contributed by atoms with van der Waals surface area (Å²) in [5, 5.41) is 11.9. The Kier molecular flexibility index (Phi) is 4.46. The lowest BCUT2D eigenvalue weighted by Crippen LogP contribution is -2.11. The zero-order valence-corrected chi connectivity index (χ0v) is 14.6. The number of rotatable bonds is 6. The first kappa shape index (κ1) is 16.4. The van der Waals surface area contributed by atoms with Gasteiger partial charge in [-0.15, -0.1) is 10.2 Å². The van der Waals surface area contributed by atoms with E-state index in [1.54, 1.807) is 37.1 Å². The lowest BCUT2D eigenvalue weighted by Gasteiger charge is -2.04. The number of fused-ring (bicyclic) bond motifs is 1. The molecule has 0 fully saturated rings. The maximum absolute atomic E-state index is 12.5. The molecule has 0 saturated heterocycles. The van der Waals surface area contributed by atoms with Crippen LogP contribution in [0.4, 0.5) is 5.13 Å². The van der Waals surface area contributed by atoms with E-state index in [1.165, 1.54) is 11.3 Å². The second-order valence-electron chi connectivity index (χ2n) is 5.66. The number of nitrogens with two attached hydrogens (primary N) is 1. The van der Waals surface area contributed by atoms with Gasteiger partial charge >= 0.3 is 0 Å². The summed E-state index contributed by atoms with van der Waals surface area (Å²) in [7, 11) is 0. The zero-order valence-electron chi connectivity index (χ0n) is 13.8. The number of benzene rings is 1. The van der Waals surface area contributed by atoms with Crippen molar-refractivity contribution in [2.75, 3.05) is 11.9 Å². The first-order chi connectivity index (χ1) is 12.7. The summed E-state index contributed by atoms with van der Waals surface area (Å²) in [6.07, 6.45) is 5.80. The molecule has 0 aliphatic carbocycles. The lowest BCUT2D eigenvalue weighted by molar-refractivity contribution is 0.102. The Morgan fingerprint density at radius 2 is 2.23 bits per heavy atom. The van der Waals surface area contributed by atoms with Crippen LogP contribution in [0.1, 0.15) is 16.8 Å². The minimum Gasteiger partial charge on any atom is -0.472 e. The SMILES string of the molecule is NCCCn1cnc2cc(C(=O)Nc3nnc(-c4ccoc4)s3)ccc21. The monoisotopic (exact) mass is 368 g/mol. The second-order valence-corrected chi connectivity index (χ2v) is 6.64. The molecule has 0 saturated carbocycles. The van der Waals surface area contributed by atoms with Crippen molar-refractivity contribution in [2.24, 2.45) is 5.73 Å². The second kappa shape index (κ2) is 7.06. The molecule has 0 radical (unpaired) electrons. The van der Waals surface area contributed by atoms with E-state index in [0.717, 1.165) is 29.6 Å². The third-order valence-corrected chi connectivity index (χ3v) is 4.79. The topological polar surface area (TPSA) is 112 Å². The van der Waals surface area contributed by atoms with Crippen molar-refractivity contribution in [1.29, 1.82) is 0 Å². The van der Waals surface area contributed by atoms with Gasteiger partial charge in [-0.2, -0.15) is 0 Å². The van der Waals surface area contributed by atoms with Crippen molar-refractivity contribution in [1.82, 2.24) is 19.7 Å². The number of anilines is 1. The number of aryl methyl sites for hydroxylation is 1. The molecular weight excluding hydrogens is 352 g/mol. The molecule has 8 nitrogen and oxygen atoms in total. The van der Waals surface area contributed by atoms with Crippen molar-refractivity contribution in [2.45, 2.75) is 13.0 Å². The Bertz CT molecular complexity index is 1040. The van der Waals surface area contributed by atoms with E-state index in [1.807, 2.05) is 10.6 Å². The van der Waals surface area contributed by atoms with Gasteiger partial charge in [0.1, 0.15) is 6.26 Å². The van der Waals surface area contributed by atoms with Crippen LogP contribution >= 0.6 is 11.3 Å². The number of furan rings is 1. The van der Waals surface area contributed by atoms with Crippen LogP contribution in [0.3, 0.4) is 0 Å². The van der Waals surface area contributed by atoms with Crippen molar-refractivity contribution in [3.8, 4) is 10.6 Å². The fourth-order valence-corrected chi connectivity index (χ4v) is 3.31. The number of hydrogen-bond donors (Lipinski definition) is 2. The minimum atomic E-state index is -0.252. The van der Waals surface area contributed by atoms with Gasteiger partial charge < -0.3 is 14.7 Å². The Labute approximate surface area is 152 Å². The van der Waals surface area contributed by atoms with Gasteiger partial charge in [0.15, 0.2) is 5.01 Å². The predicted octanol–water partition coefficient (Wildman–Crippen LogP) is 2.75. The highest BCUT2D eigenvalue weighted by Gasteiger charge is 2.13. The van der Waals surface area contributed by atoms with Crippen LogP contribution in [0.2, 0.25) is 0 Å². The van der Waals surface area contributed by atoms with Crippen LogP contribution in [-0.4, -0.2) is 32.2 Å². The van der Waals surface area contributed by atoms with Crippen LogP contribution in [-0.2, 0) is 6.54 Å². The molecule has 4 aromatic rings. The molecule has 3 N–H and O–H groups in total. The highest BCUT2D eigenvalue weighted by Crippen LogP contribution is 2.27. The molecule has 0 unspecified atom stereocenters. The molecule has 3 aromatic heterocycles. The van der Waals surface area contributed by atoms with E-state index < -0.39 is 0 Å². The number of nitrogens with one attached hydrogen (secondary N) is 1. The van der Waals surface area contributed by atoms with Gasteiger partial charge in [0, 0.05) is 12.1 Å². The van der Waals surface area contributed by atoms with Gasteiger partial charge in [0.25, 0.3) is 5.91 Å². The highest BCUT2D eigenvalue weighted by molar-refractivity contribution is 7.18. The van der Waals surface area contributed by atoms with Crippen molar-refractivity contribution in [3.63, 3.8) is 0 Å². The fourth-order valence-electron chi connectivity index (χ4n) is 2.59. The number of nitrogens with zero attached hydrogens (tertiary/aromatic N) is 4. The van der Waals surface area contributed by atoms with E-state index in [2.05, 4.69) is 20.5 Å². The largest absolute Gasteiger partial charge is 0.472 e. The first-order valence-electron chi connectivity index (χ1n) is 8.07. The van der Waals surface area contributed by atoms with Crippen LogP contribution < -0.4 is 11.1 Å². The third-order valence-electron chi connectivity index (χ3n) is 3.90. The van der Waals surface area contributed by atoms with Gasteiger partial charge in [-0.1, -0.05) is 11.3 Å². The number of aromatic nitrogens is 4. The maximum atomic E-state index is 12.5. The molecule has 1 aromatic carbocycles. The standard InChI is InChI=1S/C17H16N6O2S/c18-5-1-6-23-10-19-13-8-11(2-3-14(13)23)15(24)20-17-22-21-16(26-17)12-4-7-25-9-12/h2-4,7-10H,1,5-6,18H2,(H,20,22,24). The molecule has 26 heavy (non-hydrogen) atoms. The van der Waals surface area contributed by atoms with E-state index in [0.29, 0.717) is 22.2 Å². The van der Waals surface area contributed by atoms with E-state index >= 15 is 0 Å². The van der Waals surface area contributed by atoms with E-state index in [9.17, 15) is 4.79 Å². The molecule has 4 rings (SSSR count). The molecule has 3 heterocycles. The maximum Gasteiger partial charge on any atom is 0.257 e. The fraction of sp³-hybridized carbons (Fsp3) is 0.176. The molecule has 9 heteroatoms. The third kappa shape index (κ3) is 3.22. The summed E-state index contributed by atoms with van der Waals surface area (Å²) in [5.41, 5.74) is 8.65. The number of carbonyl (C=O) groups is 1. The summed E-state index contributed by atoms with van der Waals surface area (Å²) in [6, 6.07) is 7.23. The Morgan fingerprint density at radius 3 is 3.04 bits per heavy atom. The highest BCUT2D eigenvalue weighted by atomic mass is 32.1. The quantitative estimate of drug-likeness (QED) is 0.541. The van der Waals surface area contributed by atoms with Gasteiger partial charge in [-0.05, 0) is 37.2 Å². The Morgan fingerprint density at radius 1 is 1.31 bits per heavy atom. The minimum absolute atomic E-state index is 0.252. The van der Waals surface area contributed by atoms with Crippen LogP contribution in [0.25, 0.3) is 21.6 Å². The molecule has 1 amide bonds. The van der Waals surface area contributed by atoms with Crippen molar-refractivity contribution in [3.05, 3.63) is 48.7 Å². The normalized spacial score (nSPS) is 11.1. The van der Waals surface area contributed by atoms with E-state index in [-0.39, 0.29) is 5.91 Å². The Balaban J connectivity index is 1.51. The van der Waals surface area contributed by atoms with Gasteiger partial charge in [0.2, 0.25) is 5.13 Å². The summed E-state index contributed by atoms with van der Waals surface area (Å²) < 4.78 is 7.07. The average molecular weight is 368 g/mol. The van der Waals surface area contributed by atoms with E-state index in [4.69, 9.17) is 10.2 Å². The molecular formula is C17H16N6O2S. The molecule has 0 atom stereocenters. The molecule has 0 aliphatic rings. The molecule has 0 spiro atoms. The molecule has 132 valence electrons. The average Bonchev–Trinajstić information content (AvgIpc) is 3.39. The molecule has 0 bridgehead atoms. The summed E-state index contributed by atoms with van der Waals surface area (Å²) >= 11 is 1.28. The number of imidazole rings is 1. The number of hydrogen-bond acceptors (Lipinski definition) is 7. The van der Waals surface area contributed by atoms with Crippen molar-refractivity contribution >= 4 is 33.4 Å². The van der Waals surface area contributed by atoms with Gasteiger partial charge in [-0.3, -0.25) is 10.1 Å². The summed E-state index contributed by atoms with van der Waals surface area (Å²) in [6.45, 7) is 1.43. The summed E-state index contributed by atoms with van der Waals surface area (Å²) in [4.78, 5) is 16.9. The number of amides is 1. The van der Waals surface area contributed by atoms with Crippen LogP contribution in [0.5, 0.6) is 0 Å². The molecule has 0 aliphatic heterocycles. The summed E-state index contributed by atoms with van der Waals surface area (Å²) in [5.74, 6) is -0.252. The number of carbonyl (C=O) groups excluding carboxylic acids is 1. The zero-order chi connectivity index (χ0) is 17.9.